The van der Waals surface area contributed by atoms with Crippen LogP contribution < -0.4 is 0 Å². The molecule has 0 N–H and O–H groups in total. The minimum Gasteiger partial charge on any atom is -0.466 e. The highest BCUT2D eigenvalue weighted by atomic mass is 35.5. The summed E-state index contributed by atoms with van der Waals surface area (Å²) in [5.74, 6) is -0.559. The van der Waals surface area contributed by atoms with E-state index in [9.17, 15) is 13.2 Å². The normalized spacial score (nSPS) is 13.1. The Bertz CT molecular complexity index is 569. The van der Waals surface area contributed by atoms with Crippen molar-refractivity contribution >= 4 is 39.0 Å². The highest BCUT2D eigenvalue weighted by Crippen LogP contribution is 2.28. The molecule has 0 saturated carbocycles. The van der Waals surface area contributed by atoms with E-state index in [0.29, 0.717) is 0 Å². The second kappa shape index (κ2) is 6.59. The lowest BCUT2D eigenvalue weighted by atomic mass is 10.3. The van der Waals surface area contributed by atoms with E-state index in [1.54, 1.807) is 6.92 Å². The average molecular weight is 325 g/mol. The number of halogens is 2. The van der Waals surface area contributed by atoms with Crippen LogP contribution in [0.2, 0.25) is 10.0 Å². The van der Waals surface area contributed by atoms with Crippen LogP contribution in [0.1, 0.15) is 20.3 Å². The molecule has 1 unspecified atom stereocenters. The molecule has 1 aromatic carbocycles. The van der Waals surface area contributed by atoms with Gasteiger partial charge in [-0.05, 0) is 32.0 Å². The third-order valence-corrected chi connectivity index (χ3v) is 5.34. The summed E-state index contributed by atoms with van der Waals surface area (Å²) < 4.78 is 29.3. The van der Waals surface area contributed by atoms with Gasteiger partial charge in [0.15, 0.2) is 9.84 Å². The van der Waals surface area contributed by atoms with Crippen molar-refractivity contribution in [1.82, 2.24) is 0 Å². The summed E-state index contributed by atoms with van der Waals surface area (Å²) in [6.45, 7) is 3.30. The van der Waals surface area contributed by atoms with Gasteiger partial charge >= 0.3 is 5.97 Å². The molecular formula is C12H14Cl2O4S. The van der Waals surface area contributed by atoms with Crippen molar-refractivity contribution in [2.45, 2.75) is 30.4 Å². The van der Waals surface area contributed by atoms with Gasteiger partial charge in [0.1, 0.15) is 0 Å². The van der Waals surface area contributed by atoms with Crippen LogP contribution in [0, 0.1) is 0 Å². The van der Waals surface area contributed by atoms with Crippen LogP contribution in [0.25, 0.3) is 0 Å². The maximum atomic E-state index is 12.3. The lowest BCUT2D eigenvalue weighted by Crippen LogP contribution is -2.23. The Balaban J connectivity index is 3.03. The molecule has 1 rings (SSSR count). The van der Waals surface area contributed by atoms with Gasteiger partial charge in [-0.25, -0.2) is 8.42 Å². The van der Waals surface area contributed by atoms with Crippen LogP contribution in [-0.2, 0) is 19.4 Å². The maximum absolute atomic E-state index is 12.3. The molecule has 0 heterocycles. The summed E-state index contributed by atoms with van der Waals surface area (Å²) in [4.78, 5) is 11.3. The van der Waals surface area contributed by atoms with Gasteiger partial charge in [-0.15, -0.1) is 0 Å². The van der Waals surface area contributed by atoms with E-state index in [1.807, 2.05) is 0 Å². The van der Waals surface area contributed by atoms with Gasteiger partial charge in [0.2, 0.25) is 0 Å². The van der Waals surface area contributed by atoms with Crippen molar-refractivity contribution in [1.29, 1.82) is 0 Å². The molecule has 7 heteroatoms. The molecule has 19 heavy (non-hydrogen) atoms. The molecule has 1 atom stereocenters. The molecule has 0 saturated heterocycles. The summed E-state index contributed by atoms with van der Waals surface area (Å²) in [6, 6.07) is 4.19. The van der Waals surface area contributed by atoms with E-state index in [0.717, 1.165) is 0 Å². The fourth-order valence-electron chi connectivity index (χ4n) is 1.48. The van der Waals surface area contributed by atoms with Crippen LogP contribution in [0.15, 0.2) is 23.1 Å². The summed E-state index contributed by atoms with van der Waals surface area (Å²) in [6.07, 6.45) is -0.223. The Morgan fingerprint density at radius 1 is 1.37 bits per heavy atom. The standard InChI is InChI=1S/C12H14Cl2O4S/c1-3-18-12(15)6-8(2)19(16,17)11-7-9(13)4-5-10(11)14/h4-5,7-8H,3,6H2,1-2H3. The van der Waals surface area contributed by atoms with Crippen LogP contribution in [0.5, 0.6) is 0 Å². The number of ether oxygens (including phenoxy) is 1. The highest BCUT2D eigenvalue weighted by Gasteiger charge is 2.28. The van der Waals surface area contributed by atoms with Crippen molar-refractivity contribution in [3.05, 3.63) is 28.2 Å². The summed E-state index contributed by atoms with van der Waals surface area (Å²) >= 11 is 11.6. The van der Waals surface area contributed by atoms with Crippen molar-refractivity contribution < 1.29 is 17.9 Å². The second-order valence-corrected chi connectivity index (χ2v) is 7.12. The fraction of sp³-hybridized carbons (Fsp3) is 0.417. The smallest absolute Gasteiger partial charge is 0.307 e. The van der Waals surface area contributed by atoms with Gasteiger partial charge in [-0.2, -0.15) is 0 Å². The minimum absolute atomic E-state index is 0.0709. The molecule has 0 aliphatic heterocycles. The van der Waals surface area contributed by atoms with E-state index >= 15 is 0 Å². The van der Waals surface area contributed by atoms with E-state index in [-0.39, 0.29) is 28.0 Å². The summed E-state index contributed by atoms with van der Waals surface area (Å²) in [5.41, 5.74) is 0. The highest BCUT2D eigenvalue weighted by molar-refractivity contribution is 7.92. The molecule has 106 valence electrons. The Kier molecular flexibility index (Phi) is 5.64. The van der Waals surface area contributed by atoms with Gasteiger partial charge in [-0.3, -0.25) is 4.79 Å². The van der Waals surface area contributed by atoms with E-state index < -0.39 is 21.1 Å². The van der Waals surface area contributed by atoms with E-state index in [4.69, 9.17) is 27.9 Å². The van der Waals surface area contributed by atoms with Gasteiger partial charge < -0.3 is 4.74 Å². The van der Waals surface area contributed by atoms with Gasteiger partial charge in [0.05, 0.1) is 28.2 Å². The maximum Gasteiger partial charge on any atom is 0.307 e. The number of carbonyl (C=O) groups is 1. The zero-order valence-electron chi connectivity index (χ0n) is 10.5. The zero-order valence-corrected chi connectivity index (χ0v) is 12.8. The zero-order chi connectivity index (χ0) is 14.6. The largest absolute Gasteiger partial charge is 0.466 e. The van der Waals surface area contributed by atoms with Crippen molar-refractivity contribution in [2.24, 2.45) is 0 Å². The number of benzene rings is 1. The second-order valence-electron chi connectivity index (χ2n) is 3.94. The summed E-state index contributed by atoms with van der Waals surface area (Å²) in [7, 11) is -3.72. The SMILES string of the molecule is CCOC(=O)CC(C)S(=O)(=O)c1cc(Cl)ccc1Cl. The molecule has 0 spiro atoms. The molecule has 1 aromatic rings. The van der Waals surface area contributed by atoms with E-state index in [2.05, 4.69) is 0 Å². The van der Waals surface area contributed by atoms with Crippen LogP contribution >= 0.6 is 23.2 Å². The number of hydrogen-bond acceptors (Lipinski definition) is 4. The topological polar surface area (TPSA) is 60.4 Å². The lowest BCUT2D eigenvalue weighted by molar-refractivity contribution is -0.143. The molecule has 0 aliphatic rings. The fourth-order valence-corrected chi connectivity index (χ4v) is 3.57. The molecule has 0 aromatic heterocycles. The van der Waals surface area contributed by atoms with Crippen LogP contribution in [0.3, 0.4) is 0 Å². The Hall–Kier alpha value is -0.780. The van der Waals surface area contributed by atoms with Gasteiger partial charge in [-0.1, -0.05) is 23.2 Å². The lowest BCUT2D eigenvalue weighted by Gasteiger charge is -2.13. The molecule has 4 nitrogen and oxygen atoms in total. The van der Waals surface area contributed by atoms with Crippen LogP contribution in [0.4, 0.5) is 0 Å². The van der Waals surface area contributed by atoms with Crippen molar-refractivity contribution in [3.63, 3.8) is 0 Å². The predicted octanol–water partition coefficient (Wildman–Crippen LogP) is 3.11. The molecule has 0 aliphatic carbocycles. The summed E-state index contributed by atoms with van der Waals surface area (Å²) in [5, 5.41) is -0.575. The molecule has 0 bridgehead atoms. The number of sulfone groups is 1. The van der Waals surface area contributed by atoms with Gasteiger partial charge in [0.25, 0.3) is 0 Å². The Morgan fingerprint density at radius 3 is 2.58 bits per heavy atom. The first-order chi connectivity index (χ1) is 8.78. The first-order valence-corrected chi connectivity index (χ1v) is 7.93. The molecule has 0 fully saturated rings. The van der Waals surface area contributed by atoms with E-state index in [1.165, 1.54) is 25.1 Å². The first kappa shape index (κ1) is 16.3. The number of rotatable bonds is 5. The monoisotopic (exact) mass is 324 g/mol. The average Bonchev–Trinajstić information content (AvgIpc) is 2.32. The third kappa shape index (κ3) is 4.09. The van der Waals surface area contributed by atoms with Gasteiger partial charge in [0, 0.05) is 5.02 Å². The Labute approximate surface area is 122 Å². The molecule has 0 radical (unpaired) electrons. The third-order valence-electron chi connectivity index (χ3n) is 2.49. The minimum atomic E-state index is -3.72. The number of carbonyl (C=O) groups excluding carboxylic acids is 1. The van der Waals surface area contributed by atoms with Crippen molar-refractivity contribution in [2.75, 3.05) is 6.61 Å². The first-order valence-electron chi connectivity index (χ1n) is 5.63. The quantitative estimate of drug-likeness (QED) is 0.781. The Morgan fingerprint density at radius 2 is 2.00 bits per heavy atom. The van der Waals surface area contributed by atoms with Crippen molar-refractivity contribution in [3.8, 4) is 0 Å². The molecular weight excluding hydrogens is 311 g/mol. The number of hydrogen-bond donors (Lipinski definition) is 0. The number of esters is 1. The van der Waals surface area contributed by atoms with Crippen LogP contribution in [-0.4, -0.2) is 26.2 Å². The predicted molar refractivity (Wildman–Crippen MR) is 74.4 cm³/mol. The molecule has 0 amide bonds.